The van der Waals surface area contributed by atoms with E-state index in [-0.39, 0.29) is 18.9 Å². The van der Waals surface area contributed by atoms with Crippen molar-refractivity contribution in [3.05, 3.63) is 63.6 Å². The van der Waals surface area contributed by atoms with Crippen molar-refractivity contribution in [2.75, 3.05) is 13.1 Å². The number of hydrogen-bond acceptors (Lipinski definition) is 8. The first kappa shape index (κ1) is 24.0. The molecule has 1 aliphatic heterocycles. The first-order chi connectivity index (χ1) is 16.5. The van der Waals surface area contributed by atoms with Crippen LogP contribution in [0.5, 0.6) is 0 Å². The molecule has 3 heterocycles. The summed E-state index contributed by atoms with van der Waals surface area (Å²) in [7, 11) is 0. The quantitative estimate of drug-likeness (QED) is 0.374. The maximum absolute atomic E-state index is 12.8. The number of aliphatic hydroxyl groups excluding tert-OH is 1. The lowest BCUT2D eigenvalue weighted by molar-refractivity contribution is -0.139. The third-order valence-electron chi connectivity index (χ3n) is 5.86. The molecule has 0 saturated carbocycles. The molecule has 1 amide bonds. The Morgan fingerprint density at radius 2 is 2.00 bits per heavy atom. The van der Waals surface area contributed by atoms with Crippen LogP contribution < -0.4 is 5.32 Å². The Labute approximate surface area is 201 Å². The highest BCUT2D eigenvalue weighted by atomic mass is 32.1. The van der Waals surface area contributed by atoms with E-state index in [1.807, 2.05) is 34.5 Å². The number of carboxylic acid groups (broad SMARTS) is 1. The van der Waals surface area contributed by atoms with Crippen molar-refractivity contribution < 1.29 is 19.8 Å². The molecule has 0 spiro atoms. The molecule has 0 saturated heterocycles. The molecule has 180 valence electrons. The number of nitrogens with one attached hydrogen (secondary N) is 1. The Bertz CT molecular complexity index is 1100. The van der Waals surface area contributed by atoms with E-state index in [4.69, 9.17) is 5.11 Å². The van der Waals surface area contributed by atoms with Crippen LogP contribution in [0.15, 0.2) is 41.8 Å². The number of rotatable bonds is 11. The fourth-order valence-electron chi connectivity index (χ4n) is 4.13. The summed E-state index contributed by atoms with van der Waals surface area (Å²) < 4.78 is 1.67. The van der Waals surface area contributed by atoms with Crippen molar-refractivity contribution in [1.29, 1.82) is 0 Å². The summed E-state index contributed by atoms with van der Waals surface area (Å²) in [6.07, 6.45) is 0.486. The number of aliphatic carboxylic acids is 1. The van der Waals surface area contributed by atoms with Crippen LogP contribution in [0.3, 0.4) is 0 Å². The van der Waals surface area contributed by atoms with Crippen LogP contribution in [0.2, 0.25) is 0 Å². The van der Waals surface area contributed by atoms with Gasteiger partial charge in [-0.3, -0.25) is 9.59 Å². The molecular weight excluding hydrogens is 456 g/mol. The highest BCUT2D eigenvalue weighted by molar-refractivity contribution is 7.10. The molecule has 0 radical (unpaired) electrons. The average Bonchev–Trinajstić information content (AvgIpc) is 3.51. The predicted molar refractivity (Wildman–Crippen MR) is 125 cm³/mol. The molecule has 2 atom stereocenters. The number of amides is 1. The first-order valence-corrected chi connectivity index (χ1v) is 12.2. The number of carboxylic acids is 1. The first-order valence-electron chi connectivity index (χ1n) is 11.3. The molecule has 0 aliphatic carbocycles. The van der Waals surface area contributed by atoms with Crippen molar-refractivity contribution in [2.24, 2.45) is 0 Å². The highest BCUT2D eigenvalue weighted by Crippen LogP contribution is 2.25. The van der Waals surface area contributed by atoms with Crippen molar-refractivity contribution in [3.8, 4) is 0 Å². The SMILES string of the molecule is O=C(O)CC(O)CNC(c1cccs1)c1nnnn1CCCC(=O)N1CCc2ccccc2C1. The predicted octanol–water partition coefficient (Wildman–Crippen LogP) is 1.61. The lowest BCUT2D eigenvalue weighted by Crippen LogP contribution is -2.36. The van der Waals surface area contributed by atoms with E-state index in [1.54, 1.807) is 4.68 Å². The Hall–Kier alpha value is -3.15. The number of carbonyl (C=O) groups is 2. The van der Waals surface area contributed by atoms with Crippen LogP contribution in [0.25, 0.3) is 0 Å². The molecule has 0 fully saturated rings. The molecule has 1 aliphatic rings. The number of tetrazole rings is 1. The summed E-state index contributed by atoms with van der Waals surface area (Å²) in [5, 5.41) is 36.1. The van der Waals surface area contributed by atoms with Gasteiger partial charge in [0.2, 0.25) is 5.91 Å². The number of aromatic nitrogens is 4. The van der Waals surface area contributed by atoms with Gasteiger partial charge < -0.3 is 20.4 Å². The van der Waals surface area contributed by atoms with Crippen molar-refractivity contribution >= 4 is 23.2 Å². The summed E-state index contributed by atoms with van der Waals surface area (Å²) in [6.45, 7) is 1.93. The van der Waals surface area contributed by atoms with Crippen LogP contribution in [0.1, 0.15) is 47.1 Å². The van der Waals surface area contributed by atoms with E-state index in [1.165, 1.54) is 22.5 Å². The Morgan fingerprint density at radius 3 is 2.76 bits per heavy atom. The number of aryl methyl sites for hydroxylation is 1. The Balaban J connectivity index is 1.35. The molecule has 11 heteroatoms. The molecule has 0 bridgehead atoms. The van der Waals surface area contributed by atoms with Gasteiger partial charge in [0.1, 0.15) is 6.04 Å². The van der Waals surface area contributed by atoms with Gasteiger partial charge in [0, 0.05) is 37.5 Å². The van der Waals surface area contributed by atoms with Gasteiger partial charge in [0.15, 0.2) is 5.82 Å². The van der Waals surface area contributed by atoms with Crippen LogP contribution in [-0.2, 0) is 29.1 Å². The fourth-order valence-corrected chi connectivity index (χ4v) is 4.92. The van der Waals surface area contributed by atoms with E-state index >= 15 is 0 Å². The van der Waals surface area contributed by atoms with E-state index in [0.717, 1.165) is 17.8 Å². The number of aliphatic hydroxyl groups is 1. The maximum atomic E-state index is 12.8. The molecule has 2 aromatic heterocycles. The Morgan fingerprint density at radius 1 is 1.18 bits per heavy atom. The lowest BCUT2D eigenvalue weighted by Gasteiger charge is -2.29. The van der Waals surface area contributed by atoms with Crippen LogP contribution in [0, 0.1) is 0 Å². The van der Waals surface area contributed by atoms with E-state index in [2.05, 4.69) is 33.0 Å². The van der Waals surface area contributed by atoms with Crippen molar-refractivity contribution in [1.82, 2.24) is 30.4 Å². The van der Waals surface area contributed by atoms with Crippen molar-refractivity contribution in [2.45, 2.75) is 50.9 Å². The molecule has 34 heavy (non-hydrogen) atoms. The maximum Gasteiger partial charge on any atom is 0.306 e. The zero-order valence-corrected chi connectivity index (χ0v) is 19.5. The second-order valence-corrected chi connectivity index (χ2v) is 9.29. The topological polar surface area (TPSA) is 133 Å². The Kier molecular flexibility index (Phi) is 7.99. The zero-order valence-electron chi connectivity index (χ0n) is 18.7. The number of nitrogens with zero attached hydrogens (tertiary/aromatic N) is 5. The van der Waals surface area contributed by atoms with Gasteiger partial charge in [-0.1, -0.05) is 30.3 Å². The summed E-state index contributed by atoms with van der Waals surface area (Å²) in [4.78, 5) is 26.5. The van der Waals surface area contributed by atoms with Gasteiger partial charge in [0.05, 0.1) is 12.5 Å². The van der Waals surface area contributed by atoms with Gasteiger partial charge in [0.25, 0.3) is 0 Å². The highest BCUT2D eigenvalue weighted by Gasteiger charge is 2.24. The largest absolute Gasteiger partial charge is 0.481 e. The van der Waals surface area contributed by atoms with Crippen LogP contribution in [-0.4, -0.2) is 66.4 Å². The number of hydrogen-bond donors (Lipinski definition) is 3. The minimum atomic E-state index is -1.06. The van der Waals surface area contributed by atoms with Gasteiger partial charge in [-0.15, -0.1) is 16.4 Å². The molecule has 10 nitrogen and oxygen atoms in total. The summed E-state index contributed by atoms with van der Waals surface area (Å²) >= 11 is 1.52. The molecule has 3 aromatic rings. The molecule has 1 aromatic carbocycles. The third kappa shape index (κ3) is 6.04. The molecule has 2 unspecified atom stereocenters. The summed E-state index contributed by atoms with van der Waals surface area (Å²) in [6, 6.07) is 11.7. The van der Waals surface area contributed by atoms with Gasteiger partial charge in [-0.05, 0) is 45.8 Å². The molecule has 3 N–H and O–H groups in total. The average molecular weight is 485 g/mol. The second kappa shape index (κ2) is 11.3. The fraction of sp³-hybridized carbons (Fsp3) is 0.435. The standard InChI is InChI=1S/C23H28N6O4S/c30-18(13-21(32)33)14-24-22(19-7-4-12-34-19)23-25-26-27-29(23)10-3-8-20(31)28-11-9-16-5-1-2-6-17(16)15-28/h1-2,4-7,12,18,22,24,30H,3,8-11,13-15H2,(H,32,33). The monoisotopic (exact) mass is 484 g/mol. The minimum absolute atomic E-state index is 0.0800. The zero-order chi connectivity index (χ0) is 23.9. The smallest absolute Gasteiger partial charge is 0.306 e. The molecular formula is C23H28N6O4S. The van der Waals surface area contributed by atoms with Crippen molar-refractivity contribution in [3.63, 3.8) is 0 Å². The summed E-state index contributed by atoms with van der Waals surface area (Å²) in [5.41, 5.74) is 2.52. The second-order valence-electron chi connectivity index (χ2n) is 8.31. The number of benzene rings is 1. The molecule has 4 rings (SSSR count). The minimum Gasteiger partial charge on any atom is -0.481 e. The normalized spacial score (nSPS) is 15.0. The lowest BCUT2D eigenvalue weighted by atomic mass is 9.99. The van der Waals surface area contributed by atoms with E-state index in [9.17, 15) is 14.7 Å². The van der Waals surface area contributed by atoms with Gasteiger partial charge >= 0.3 is 5.97 Å². The number of fused-ring (bicyclic) bond motifs is 1. The number of carbonyl (C=O) groups excluding carboxylic acids is 1. The van der Waals surface area contributed by atoms with Gasteiger partial charge in [-0.2, -0.15) is 0 Å². The van der Waals surface area contributed by atoms with Crippen LogP contribution in [0.4, 0.5) is 0 Å². The van der Waals surface area contributed by atoms with E-state index in [0.29, 0.717) is 31.8 Å². The number of thiophene rings is 1. The van der Waals surface area contributed by atoms with Gasteiger partial charge in [-0.25, -0.2) is 4.68 Å². The third-order valence-corrected chi connectivity index (χ3v) is 6.79. The van der Waals surface area contributed by atoms with Crippen LogP contribution >= 0.6 is 11.3 Å². The van der Waals surface area contributed by atoms with E-state index < -0.39 is 18.1 Å². The summed E-state index contributed by atoms with van der Waals surface area (Å²) in [5.74, 6) is -0.383.